The summed E-state index contributed by atoms with van der Waals surface area (Å²) in [6.45, 7) is 15.3. The van der Waals surface area contributed by atoms with Gasteiger partial charge >= 0.3 is 5.97 Å². The predicted molar refractivity (Wildman–Crippen MR) is 176 cm³/mol. The predicted octanol–water partition coefficient (Wildman–Crippen LogP) is 8.01. The van der Waals surface area contributed by atoms with E-state index in [1.165, 1.54) is 11.3 Å². The van der Waals surface area contributed by atoms with Crippen LogP contribution in [0.1, 0.15) is 86.0 Å². The largest absolute Gasteiger partial charge is 0.496 e. The molecule has 0 aliphatic heterocycles. The Labute approximate surface area is 261 Å². The molecule has 0 unspecified atom stereocenters. The molecule has 2 N–H and O–H groups in total. The monoisotopic (exact) mass is 628 g/mol. The van der Waals surface area contributed by atoms with Crippen LogP contribution in [0, 0.1) is 6.92 Å². The van der Waals surface area contributed by atoms with Gasteiger partial charge in [0.15, 0.2) is 8.32 Å². The Morgan fingerprint density at radius 1 is 1.09 bits per heavy atom. The van der Waals surface area contributed by atoms with Crippen molar-refractivity contribution >= 4 is 41.5 Å². The van der Waals surface area contributed by atoms with Crippen molar-refractivity contribution in [3.05, 3.63) is 46.0 Å². The summed E-state index contributed by atoms with van der Waals surface area (Å²) < 4.78 is 31.9. The van der Waals surface area contributed by atoms with Crippen LogP contribution in [-0.4, -0.2) is 52.3 Å². The number of nitrogens with two attached hydrogens (primary N) is 1. The van der Waals surface area contributed by atoms with Crippen LogP contribution in [0.5, 0.6) is 11.5 Å². The molecule has 1 aliphatic carbocycles. The normalized spacial score (nSPS) is 15.9. The zero-order valence-electron chi connectivity index (χ0n) is 27.2. The molecule has 1 heterocycles. The first-order valence-corrected chi connectivity index (χ1v) is 18.9. The lowest BCUT2D eigenvalue weighted by molar-refractivity contribution is -0.0704. The van der Waals surface area contributed by atoms with Crippen LogP contribution >= 0.6 is 11.3 Å². The van der Waals surface area contributed by atoms with Crippen LogP contribution in [0.4, 0.5) is 5.69 Å². The molecule has 43 heavy (non-hydrogen) atoms. The molecule has 2 atom stereocenters. The molecule has 0 bridgehead atoms. The van der Waals surface area contributed by atoms with Gasteiger partial charge in [-0.2, -0.15) is 0 Å². The summed E-state index contributed by atoms with van der Waals surface area (Å²) in [5.74, 6) is 1.06. The number of thiazole rings is 1. The summed E-state index contributed by atoms with van der Waals surface area (Å²) in [6, 6.07) is 7.62. The van der Waals surface area contributed by atoms with Gasteiger partial charge in [-0.25, -0.2) is 9.78 Å². The average molecular weight is 629 g/mol. The van der Waals surface area contributed by atoms with E-state index in [1.807, 2.05) is 13.0 Å². The molecule has 10 heteroatoms. The summed E-state index contributed by atoms with van der Waals surface area (Å²) >= 11 is 1.53. The Morgan fingerprint density at radius 3 is 2.28 bits per heavy atom. The standard InChI is InChI=1S/C33H48N2O6SSi/c1-10-39-32(36)24-17-22(34)18-28-30(24)35-29(42-28)19-27(40-23-13-11-12-14-23)31(41-43(8,9)33(3,4)5)21-15-25(37-6)20(2)26(16-21)38-7/h15-18,23,27,31H,10-14,19,34H2,1-9H3/t27-,31+/m0/s1. The number of ether oxygens (including phenoxy) is 4. The van der Waals surface area contributed by atoms with Crippen molar-refractivity contribution in [2.75, 3.05) is 26.6 Å². The molecule has 0 amide bonds. The summed E-state index contributed by atoms with van der Waals surface area (Å²) in [7, 11) is 1.07. The topological polar surface area (TPSA) is 102 Å². The lowest BCUT2D eigenvalue weighted by Crippen LogP contribution is -2.45. The molecule has 236 valence electrons. The molecule has 1 aromatic heterocycles. The van der Waals surface area contributed by atoms with Gasteiger partial charge in [-0.3, -0.25) is 0 Å². The molecule has 1 fully saturated rings. The zero-order valence-corrected chi connectivity index (χ0v) is 29.0. The van der Waals surface area contributed by atoms with Crippen molar-refractivity contribution < 1.29 is 28.2 Å². The fourth-order valence-electron chi connectivity index (χ4n) is 5.34. The maximum absolute atomic E-state index is 12.8. The van der Waals surface area contributed by atoms with Crippen LogP contribution in [-0.2, 0) is 20.3 Å². The Bertz CT molecular complexity index is 1400. The first-order valence-electron chi connectivity index (χ1n) is 15.2. The van der Waals surface area contributed by atoms with E-state index < -0.39 is 20.4 Å². The highest BCUT2D eigenvalue weighted by molar-refractivity contribution is 7.18. The highest BCUT2D eigenvalue weighted by atomic mass is 32.1. The van der Waals surface area contributed by atoms with Gasteiger partial charge in [-0.05, 0) is 74.7 Å². The van der Waals surface area contributed by atoms with E-state index in [4.69, 9.17) is 34.1 Å². The Kier molecular flexibility index (Phi) is 10.5. The number of anilines is 1. The van der Waals surface area contributed by atoms with Crippen molar-refractivity contribution in [3.63, 3.8) is 0 Å². The number of rotatable bonds is 12. The Hall–Kier alpha value is -2.66. The van der Waals surface area contributed by atoms with E-state index in [0.29, 0.717) is 23.2 Å². The number of benzene rings is 2. The van der Waals surface area contributed by atoms with E-state index in [1.54, 1.807) is 27.2 Å². The summed E-state index contributed by atoms with van der Waals surface area (Å²) in [5.41, 5.74) is 9.56. The van der Waals surface area contributed by atoms with Gasteiger partial charge in [0.05, 0.1) is 59.9 Å². The van der Waals surface area contributed by atoms with E-state index in [-0.39, 0.29) is 23.9 Å². The number of nitrogen functional groups attached to an aromatic ring is 1. The number of hydrogen-bond donors (Lipinski definition) is 1. The lowest BCUT2D eigenvalue weighted by Gasteiger charge is -2.42. The zero-order chi connectivity index (χ0) is 31.5. The van der Waals surface area contributed by atoms with Crippen LogP contribution in [0.2, 0.25) is 18.1 Å². The van der Waals surface area contributed by atoms with Crippen LogP contribution in [0.3, 0.4) is 0 Å². The minimum absolute atomic E-state index is 0.0239. The summed E-state index contributed by atoms with van der Waals surface area (Å²) in [5, 5.41) is 0.827. The number of carbonyl (C=O) groups is 1. The van der Waals surface area contributed by atoms with Gasteiger partial charge in [0.2, 0.25) is 0 Å². The Morgan fingerprint density at radius 2 is 1.72 bits per heavy atom. The summed E-state index contributed by atoms with van der Waals surface area (Å²) in [6.07, 6.45) is 4.27. The van der Waals surface area contributed by atoms with Crippen molar-refractivity contribution in [1.29, 1.82) is 0 Å². The number of nitrogens with zero attached hydrogens (tertiary/aromatic N) is 1. The quantitative estimate of drug-likeness (QED) is 0.122. The smallest absolute Gasteiger partial charge is 0.340 e. The molecule has 1 aliphatic rings. The SMILES string of the molecule is CCOC(=O)c1cc(N)cc2sc(C[C@H](OC3CCCC3)[C@H](O[Si](C)(C)C(C)(C)C)c3cc(OC)c(C)c(OC)c3)nc12. The van der Waals surface area contributed by atoms with Gasteiger partial charge in [-0.15, -0.1) is 11.3 Å². The van der Waals surface area contributed by atoms with Crippen LogP contribution < -0.4 is 15.2 Å². The van der Waals surface area contributed by atoms with Crippen LogP contribution in [0.15, 0.2) is 24.3 Å². The Balaban J connectivity index is 1.84. The van der Waals surface area contributed by atoms with Gasteiger partial charge in [0.25, 0.3) is 0 Å². The van der Waals surface area contributed by atoms with E-state index in [9.17, 15) is 4.79 Å². The first kappa shape index (κ1) is 33.2. The fourth-order valence-corrected chi connectivity index (χ4v) is 7.70. The number of aromatic nitrogens is 1. The number of methoxy groups -OCH3 is 2. The summed E-state index contributed by atoms with van der Waals surface area (Å²) in [4.78, 5) is 17.8. The van der Waals surface area contributed by atoms with Crippen molar-refractivity contribution in [1.82, 2.24) is 4.98 Å². The number of fused-ring (bicyclic) bond motifs is 1. The lowest BCUT2D eigenvalue weighted by atomic mass is 9.99. The van der Waals surface area contributed by atoms with E-state index in [2.05, 4.69) is 46.0 Å². The molecular weight excluding hydrogens is 581 g/mol. The average Bonchev–Trinajstić information content (AvgIpc) is 3.60. The maximum atomic E-state index is 12.8. The van der Waals surface area contributed by atoms with Crippen LogP contribution in [0.25, 0.3) is 10.2 Å². The number of hydrogen-bond acceptors (Lipinski definition) is 9. The van der Waals surface area contributed by atoms with Crippen molar-refractivity contribution in [2.45, 2.75) is 103 Å². The second kappa shape index (κ2) is 13.5. The minimum Gasteiger partial charge on any atom is -0.496 e. The first-order chi connectivity index (χ1) is 20.3. The second-order valence-corrected chi connectivity index (χ2v) is 18.7. The van der Waals surface area contributed by atoms with Gasteiger partial charge in [0, 0.05) is 17.7 Å². The molecule has 3 aromatic rings. The molecule has 4 rings (SSSR count). The highest BCUT2D eigenvalue weighted by Gasteiger charge is 2.43. The van der Waals surface area contributed by atoms with Crippen molar-refractivity contribution in [2.24, 2.45) is 0 Å². The second-order valence-electron chi connectivity index (χ2n) is 12.9. The van der Waals surface area contributed by atoms with Gasteiger partial charge < -0.3 is 29.1 Å². The molecule has 8 nitrogen and oxygen atoms in total. The third-order valence-corrected chi connectivity index (χ3v) is 14.3. The fraction of sp³-hybridized carbons (Fsp3) is 0.576. The van der Waals surface area contributed by atoms with Gasteiger partial charge in [0.1, 0.15) is 11.5 Å². The van der Waals surface area contributed by atoms with Gasteiger partial charge in [-0.1, -0.05) is 33.6 Å². The molecule has 0 radical (unpaired) electrons. The third-order valence-electron chi connectivity index (χ3n) is 8.77. The number of carbonyl (C=O) groups excluding carboxylic acids is 1. The maximum Gasteiger partial charge on any atom is 0.340 e. The highest BCUT2D eigenvalue weighted by Crippen LogP contribution is 2.44. The van der Waals surface area contributed by atoms with Crippen molar-refractivity contribution in [3.8, 4) is 11.5 Å². The third kappa shape index (κ3) is 7.53. The number of esters is 1. The molecule has 1 saturated carbocycles. The molecular formula is C33H48N2O6SSi. The molecule has 0 spiro atoms. The van der Waals surface area contributed by atoms with E-state index in [0.717, 1.165) is 58.0 Å². The van der Waals surface area contributed by atoms with E-state index >= 15 is 0 Å². The minimum atomic E-state index is -2.28. The molecule has 0 saturated heterocycles. The molecule has 2 aromatic carbocycles.